The van der Waals surface area contributed by atoms with E-state index in [1.165, 1.54) is 5.39 Å². The summed E-state index contributed by atoms with van der Waals surface area (Å²) in [5.41, 5.74) is 22.5. The van der Waals surface area contributed by atoms with Crippen LogP contribution in [0.25, 0.3) is 166 Å². The van der Waals surface area contributed by atoms with Crippen LogP contribution in [0.2, 0.25) is 0 Å². The molecular formula is C97H75N21O3. The van der Waals surface area contributed by atoms with E-state index < -0.39 is 0 Å². The largest absolute Gasteiger partial charge is 0.497 e. The molecule has 12 aromatic heterocycles. The molecule has 0 unspecified atom stereocenters. The van der Waals surface area contributed by atoms with Gasteiger partial charge in [-0.05, 0) is 134 Å². The van der Waals surface area contributed by atoms with Gasteiger partial charge in [-0.25, -0.2) is 29.9 Å². The second-order valence-corrected chi connectivity index (χ2v) is 29.3. The maximum atomic E-state index is 9.85. The number of H-pyrrole nitrogens is 5. The van der Waals surface area contributed by atoms with Crippen molar-refractivity contribution < 1.29 is 14.6 Å². The number of nitrogens with one attached hydrogen (secondary N) is 5. The molecule has 12 heterocycles. The minimum absolute atomic E-state index is 0.0769. The topological polar surface area (TPSA) is 292 Å². The first-order chi connectivity index (χ1) is 59.8. The molecule has 6 N–H and O–H groups in total. The summed E-state index contributed by atoms with van der Waals surface area (Å²) in [4.78, 5) is 53.7. The first kappa shape index (κ1) is 73.5. The lowest BCUT2D eigenvalue weighted by Crippen LogP contribution is -2.02. The molecule has 24 nitrogen and oxygen atoms in total. The molecule has 0 fully saturated rings. The number of hydrogen-bond acceptors (Lipinski definition) is 15. The fourth-order valence-corrected chi connectivity index (χ4v) is 15.9. The third-order valence-corrected chi connectivity index (χ3v) is 21.8. The maximum Gasteiger partial charge on any atom is 0.159 e. The molecule has 0 aliphatic rings. The van der Waals surface area contributed by atoms with E-state index >= 15 is 0 Å². The van der Waals surface area contributed by atoms with Crippen LogP contribution in [0.4, 0.5) is 0 Å². The van der Waals surface area contributed by atoms with Gasteiger partial charge in [0.2, 0.25) is 0 Å². The van der Waals surface area contributed by atoms with Gasteiger partial charge in [0.05, 0.1) is 116 Å². The lowest BCUT2D eigenvalue weighted by molar-refractivity contribution is 0.283. The van der Waals surface area contributed by atoms with Crippen LogP contribution in [0.3, 0.4) is 0 Å². The minimum Gasteiger partial charge on any atom is -0.497 e. The molecule has 11 aromatic carbocycles. The summed E-state index contributed by atoms with van der Waals surface area (Å²) in [6.45, 7) is 2.53. The molecule has 0 aliphatic heterocycles. The van der Waals surface area contributed by atoms with E-state index in [0.717, 1.165) is 194 Å². The summed E-state index contributed by atoms with van der Waals surface area (Å²) in [5, 5.41) is 37.7. The van der Waals surface area contributed by atoms with Crippen LogP contribution in [0.15, 0.2) is 324 Å². The highest BCUT2D eigenvalue weighted by molar-refractivity contribution is 6.05. The normalized spacial score (nSPS) is 11.4. The molecule has 23 rings (SSSR count). The zero-order valence-electron chi connectivity index (χ0n) is 65.6. The smallest absolute Gasteiger partial charge is 0.159 e. The van der Waals surface area contributed by atoms with E-state index in [9.17, 15) is 5.11 Å². The number of rotatable bonds is 17. The van der Waals surface area contributed by atoms with Crippen LogP contribution < -0.4 is 9.47 Å². The Hall–Kier alpha value is -16.3. The van der Waals surface area contributed by atoms with Gasteiger partial charge >= 0.3 is 0 Å². The third kappa shape index (κ3) is 14.7. The van der Waals surface area contributed by atoms with Crippen LogP contribution in [0.1, 0.15) is 27.8 Å². The van der Waals surface area contributed by atoms with Crippen LogP contribution in [-0.4, -0.2) is 123 Å². The van der Waals surface area contributed by atoms with Crippen molar-refractivity contribution in [3.05, 3.63) is 352 Å². The van der Waals surface area contributed by atoms with Crippen molar-refractivity contribution in [2.45, 2.75) is 32.8 Å². The molecule has 121 heavy (non-hydrogen) atoms. The fraction of sp³-hybridized carbons (Fsp3) is 0.0722. The number of pyridine rings is 3. The van der Waals surface area contributed by atoms with Gasteiger partial charge in [-0.15, -0.1) is 0 Å². The third-order valence-electron chi connectivity index (χ3n) is 21.8. The number of aromatic nitrogens is 21. The Balaban J connectivity index is 0.000000113. The zero-order chi connectivity index (χ0) is 81.1. The van der Waals surface area contributed by atoms with Gasteiger partial charge in [-0.1, -0.05) is 152 Å². The monoisotopic (exact) mass is 1580 g/mol. The fourth-order valence-electron chi connectivity index (χ4n) is 15.9. The second kappa shape index (κ2) is 32.4. The van der Waals surface area contributed by atoms with Gasteiger partial charge in [-0.2, -0.15) is 15.3 Å². The molecule has 0 aliphatic carbocycles. The first-order valence-electron chi connectivity index (χ1n) is 39.4. The number of nitrogens with zero attached hydrogens (tertiary/aromatic N) is 16. The van der Waals surface area contributed by atoms with Gasteiger partial charge in [0.25, 0.3) is 0 Å². The van der Waals surface area contributed by atoms with Crippen LogP contribution >= 0.6 is 0 Å². The Morgan fingerprint density at radius 1 is 0.364 bits per heavy atom. The van der Waals surface area contributed by atoms with E-state index in [1.54, 1.807) is 45.3 Å². The quantitative estimate of drug-likeness (QED) is 0.0494. The summed E-state index contributed by atoms with van der Waals surface area (Å²) < 4.78 is 18.8. The number of ether oxygens (including phenoxy) is 2. The molecular weight excluding hydrogens is 1510 g/mol. The Bertz CT molecular complexity index is 7600. The number of imidazole rings is 6. The molecule has 24 heteroatoms. The molecule has 0 spiro atoms. The SMILES string of the molecule is COc1ccc(Cn2nc(-c3nc4c(CO)cccc4[nH]3)c3cc(-c4cncc5ccccc45)ccc32)cc1.COc1ccc(Cn2nc(-c3nc4c(Cn5ccnc5)cccc4[nH]3)c3cc(-c4cncc5ccccc45)ccc32)cc1.c1c[nH]cn1.c1ccc2c(-c3ccc4[nH]nc(-c5nc6c(Cn7ccnc7)cccc6[nH]5)c4c3)cncc2c1. The van der Waals surface area contributed by atoms with E-state index in [0.29, 0.717) is 32.0 Å². The van der Waals surface area contributed by atoms with Gasteiger partial charge in [0.15, 0.2) is 17.5 Å². The summed E-state index contributed by atoms with van der Waals surface area (Å²) in [6.07, 6.45) is 27.7. The van der Waals surface area contributed by atoms with Crippen LogP contribution in [0.5, 0.6) is 11.5 Å². The molecule has 0 amide bonds. The van der Waals surface area contributed by atoms with Crippen molar-refractivity contribution in [2.24, 2.45) is 0 Å². The van der Waals surface area contributed by atoms with E-state index in [4.69, 9.17) is 34.6 Å². The Labute approximate surface area is 690 Å². The molecule has 0 saturated heterocycles. The first-order valence-corrected chi connectivity index (χ1v) is 39.4. The lowest BCUT2D eigenvalue weighted by atomic mass is 9.99. The van der Waals surface area contributed by atoms with Crippen LogP contribution in [0, 0.1) is 0 Å². The van der Waals surface area contributed by atoms with Crippen LogP contribution in [-0.2, 0) is 32.8 Å². The van der Waals surface area contributed by atoms with Crippen molar-refractivity contribution in [2.75, 3.05) is 14.2 Å². The average Bonchev–Trinajstić information content (AvgIpc) is 1.62. The molecule has 586 valence electrons. The van der Waals surface area contributed by atoms with Crippen molar-refractivity contribution in [3.63, 3.8) is 0 Å². The highest BCUT2D eigenvalue weighted by Gasteiger charge is 2.23. The summed E-state index contributed by atoms with van der Waals surface area (Å²) >= 11 is 0. The van der Waals surface area contributed by atoms with Crippen molar-refractivity contribution in [1.29, 1.82) is 0 Å². The second-order valence-electron chi connectivity index (χ2n) is 29.3. The molecule has 0 radical (unpaired) electrons. The van der Waals surface area contributed by atoms with E-state index in [2.05, 4.69) is 222 Å². The maximum absolute atomic E-state index is 9.85. The molecule has 0 bridgehead atoms. The van der Waals surface area contributed by atoms with Crippen molar-refractivity contribution in [1.82, 2.24) is 104 Å². The Morgan fingerprint density at radius 3 is 1.21 bits per heavy atom. The molecule has 23 aromatic rings. The Kier molecular flexibility index (Phi) is 19.7. The number of benzene rings is 11. The molecule has 0 atom stereocenters. The van der Waals surface area contributed by atoms with Gasteiger partial charge in [-0.3, -0.25) is 29.4 Å². The number of aromatic amines is 5. The van der Waals surface area contributed by atoms with Gasteiger partial charge in [0, 0.05) is 129 Å². The molecule has 0 saturated carbocycles. The average molecular weight is 1580 g/mol. The van der Waals surface area contributed by atoms with E-state index in [1.807, 2.05) is 149 Å². The highest BCUT2D eigenvalue weighted by Crippen LogP contribution is 2.40. The van der Waals surface area contributed by atoms with Gasteiger partial charge in [0.1, 0.15) is 28.6 Å². The number of fused-ring (bicyclic) bond motifs is 9. The Morgan fingerprint density at radius 2 is 0.793 bits per heavy atom. The predicted molar refractivity (Wildman–Crippen MR) is 474 cm³/mol. The highest BCUT2D eigenvalue weighted by atomic mass is 16.5. The summed E-state index contributed by atoms with van der Waals surface area (Å²) in [6, 6.07) is 78.6. The number of methoxy groups -OCH3 is 2. The number of aliphatic hydroxyl groups is 1. The number of hydrogen-bond donors (Lipinski definition) is 6. The standard InChI is InChI=1S/C35H27N7O.C32H25N5O2.C27H19N7.C3H4N2/c1-43-27-12-9-23(10-13-27)20-42-32-14-11-24(30-19-37-18-25-5-2-3-7-28(25)30)17-29(32)34(40-42)35-38-31-8-4-6-26(33(31)39-35)21-41-16-15-36-22-41;1-39-24-12-9-20(10-13-24)18-37-29-14-11-21(27-17-33-16-22-5-2-3-7-25(22)27)15-26(29)31(36-37)32-34-28-8-4-6-23(19-38)30(28)35-32;1-2-6-20-18(4-1)13-29-14-22(20)17-8-9-23-21(12-17)26(33-32-23)27-30-24-7-3-5-19(25(24)31-27)15-34-11-10-28-16-34;1-2-5-3-4-1/h2-19,22H,20-21H2,1H3,(H,38,39);2-17,38H,18-19H2,1H3,(H,34,35);1-14,16H,15H2,(H,30,31)(H,32,33);1-3H,(H,4,5). The number of para-hydroxylation sites is 3. The van der Waals surface area contributed by atoms with Crippen molar-refractivity contribution in [3.8, 4) is 79.4 Å². The minimum atomic E-state index is -0.0769. The lowest BCUT2D eigenvalue weighted by Gasteiger charge is -2.08. The summed E-state index contributed by atoms with van der Waals surface area (Å²) in [7, 11) is 3.35. The number of aliphatic hydroxyl groups excluding tert-OH is 1. The zero-order valence-corrected chi connectivity index (χ0v) is 65.6. The van der Waals surface area contributed by atoms with E-state index in [-0.39, 0.29) is 6.61 Å². The summed E-state index contributed by atoms with van der Waals surface area (Å²) in [5.74, 6) is 3.79. The van der Waals surface area contributed by atoms with Gasteiger partial charge < -0.3 is 43.7 Å². The van der Waals surface area contributed by atoms with Crippen molar-refractivity contribution >= 4 is 98.1 Å². The predicted octanol–water partition coefficient (Wildman–Crippen LogP) is 19.4.